The summed E-state index contributed by atoms with van der Waals surface area (Å²) in [5, 5.41) is 16.9. The number of sulfonamides is 1. The van der Waals surface area contributed by atoms with E-state index < -0.39 is 34.0 Å². The van der Waals surface area contributed by atoms with Crippen molar-refractivity contribution < 1.29 is 32.3 Å². The number of H-pyrrole nitrogens is 1. The molecule has 3 aromatic carbocycles. The van der Waals surface area contributed by atoms with Crippen LogP contribution in [0.25, 0.3) is 10.9 Å². The zero-order chi connectivity index (χ0) is 35.4. The van der Waals surface area contributed by atoms with Crippen molar-refractivity contribution in [2.24, 2.45) is 5.73 Å². The summed E-state index contributed by atoms with van der Waals surface area (Å²) in [7, 11) is -2.86. The van der Waals surface area contributed by atoms with Gasteiger partial charge in [0.25, 0.3) is 15.9 Å². The molecule has 50 heavy (non-hydrogen) atoms. The van der Waals surface area contributed by atoms with Gasteiger partial charge in [-0.3, -0.25) is 9.36 Å². The fraction of sp³-hybridized carbons (Fsp3) is 0.294. The first-order valence-electron chi connectivity index (χ1n) is 16.0. The monoisotopic (exact) mass is 700 g/mol. The normalized spacial score (nSPS) is 14.0. The number of esters is 1. The van der Waals surface area contributed by atoms with Crippen LogP contribution in [0.5, 0.6) is 5.75 Å². The molecule has 2 heterocycles. The summed E-state index contributed by atoms with van der Waals surface area (Å²) in [4.78, 5) is 40.4. The molecule has 0 radical (unpaired) electrons. The fourth-order valence-electron chi connectivity index (χ4n) is 6.17. The van der Waals surface area contributed by atoms with E-state index in [4.69, 9.17) is 15.2 Å². The summed E-state index contributed by atoms with van der Waals surface area (Å²) in [6, 6.07) is 14.0. The molecular formula is C34H36N8O7S. The number of aryl methyl sites for hydroxylation is 1. The van der Waals surface area contributed by atoms with Crippen LogP contribution < -0.4 is 20.5 Å². The number of nitrogens with one attached hydrogen (secondary N) is 3. The van der Waals surface area contributed by atoms with Gasteiger partial charge >= 0.3 is 12.0 Å². The van der Waals surface area contributed by atoms with Gasteiger partial charge in [0.2, 0.25) is 0 Å². The lowest BCUT2D eigenvalue weighted by molar-refractivity contribution is 0.0318. The van der Waals surface area contributed by atoms with Gasteiger partial charge in [0.05, 0.1) is 29.1 Å². The van der Waals surface area contributed by atoms with Crippen molar-refractivity contribution >= 4 is 38.8 Å². The molecule has 0 aliphatic heterocycles. The molecule has 1 fully saturated rings. The molecule has 1 aliphatic carbocycles. The highest BCUT2D eigenvalue weighted by Crippen LogP contribution is 2.37. The smallest absolute Gasteiger partial charge is 0.338 e. The van der Waals surface area contributed by atoms with E-state index in [1.54, 1.807) is 55.5 Å². The highest BCUT2D eigenvalue weighted by molar-refractivity contribution is 7.90. The summed E-state index contributed by atoms with van der Waals surface area (Å²) in [5.41, 5.74) is 8.55. The Labute approximate surface area is 287 Å². The number of carbonyl (C=O) groups excluding carboxylic acids is 3. The van der Waals surface area contributed by atoms with Gasteiger partial charge in [0.1, 0.15) is 11.9 Å². The predicted molar refractivity (Wildman–Crippen MR) is 181 cm³/mol. The van der Waals surface area contributed by atoms with Gasteiger partial charge in [0.15, 0.2) is 5.82 Å². The molecule has 5 N–H and O–H groups in total. The molecule has 1 unspecified atom stereocenters. The minimum atomic E-state index is -4.26. The first-order chi connectivity index (χ1) is 24.1. The number of tetrazole rings is 1. The summed E-state index contributed by atoms with van der Waals surface area (Å²) in [6.45, 7) is 1.82. The van der Waals surface area contributed by atoms with E-state index in [0.717, 1.165) is 25.7 Å². The van der Waals surface area contributed by atoms with Crippen molar-refractivity contribution in [2.45, 2.75) is 56.1 Å². The molecular weight excluding hydrogens is 664 g/mol. The Hall–Kier alpha value is -5.61. The molecule has 1 atom stereocenters. The number of carbonyl (C=O) groups is 3. The number of amides is 2. The average Bonchev–Trinajstić information content (AvgIpc) is 3.89. The van der Waals surface area contributed by atoms with Crippen LogP contribution in [0.1, 0.15) is 75.0 Å². The zero-order valence-electron chi connectivity index (χ0n) is 27.4. The van der Waals surface area contributed by atoms with Crippen LogP contribution >= 0.6 is 0 Å². The SMILES string of the molecule is COc1cccc(C(=O)NS(=O)(=O)c2ccccc2C)c1C(N)c1cn(C(=O)NCCc2nn[nH]n2)c2ccc(C(=O)OC3CCCC3)cc12. The van der Waals surface area contributed by atoms with E-state index in [0.29, 0.717) is 34.3 Å². The number of benzene rings is 3. The molecule has 2 aromatic heterocycles. The standard InChI is InChI=1S/C34H36N8O7S/c1-20-8-3-6-13-28(20)50(46,47)39-32(43)23-11-7-12-27(48-2)30(23)31(35)25-19-42(34(45)36-17-16-29-37-40-41-38-29)26-15-14-21(18-24(25)26)33(44)49-22-9-4-5-10-22/h3,6-8,11-15,18-19,22,31H,4-5,9-10,16-17,35H2,1-2H3,(H,36,45)(H,39,43)(H,37,38,40,41). The third-order valence-corrected chi connectivity index (χ3v) is 10.2. The second kappa shape index (κ2) is 14.5. The predicted octanol–water partition coefficient (Wildman–Crippen LogP) is 3.54. The Balaban J connectivity index is 1.39. The van der Waals surface area contributed by atoms with Crippen LogP contribution in [0, 0.1) is 6.92 Å². The third-order valence-electron chi connectivity index (χ3n) is 8.67. The summed E-state index contributed by atoms with van der Waals surface area (Å²) >= 11 is 0. The maximum Gasteiger partial charge on any atom is 0.338 e. The van der Waals surface area contributed by atoms with Crippen LogP contribution in [-0.4, -0.2) is 71.3 Å². The van der Waals surface area contributed by atoms with Gasteiger partial charge in [-0.05, 0) is 80.1 Å². The summed E-state index contributed by atoms with van der Waals surface area (Å²) in [6.07, 6.45) is 5.23. The number of nitrogens with two attached hydrogens (primary N) is 1. The molecule has 2 amide bonds. The number of aromatic nitrogens is 5. The zero-order valence-corrected chi connectivity index (χ0v) is 28.2. The lowest BCUT2D eigenvalue weighted by Crippen LogP contribution is -2.32. The van der Waals surface area contributed by atoms with E-state index in [-0.39, 0.29) is 40.0 Å². The number of fused-ring (bicyclic) bond motifs is 1. The highest BCUT2D eigenvalue weighted by atomic mass is 32.2. The minimum absolute atomic E-state index is 0.0486. The lowest BCUT2D eigenvalue weighted by atomic mass is 9.93. The lowest BCUT2D eigenvalue weighted by Gasteiger charge is -2.20. The van der Waals surface area contributed by atoms with Crippen molar-refractivity contribution in [1.82, 2.24) is 35.2 Å². The van der Waals surface area contributed by atoms with Crippen molar-refractivity contribution in [1.29, 1.82) is 0 Å². The maximum atomic E-state index is 13.7. The topological polar surface area (TPSA) is 213 Å². The number of ether oxygens (including phenoxy) is 2. The minimum Gasteiger partial charge on any atom is -0.496 e. The molecule has 1 aliphatic rings. The number of nitrogens with zero attached hydrogens (tertiary/aromatic N) is 4. The highest BCUT2D eigenvalue weighted by Gasteiger charge is 2.29. The quantitative estimate of drug-likeness (QED) is 0.146. The van der Waals surface area contributed by atoms with Crippen molar-refractivity contribution in [3.63, 3.8) is 0 Å². The second-order valence-corrected chi connectivity index (χ2v) is 13.6. The van der Waals surface area contributed by atoms with Gasteiger partial charge in [-0.15, -0.1) is 10.2 Å². The number of methoxy groups -OCH3 is 1. The van der Waals surface area contributed by atoms with Crippen LogP contribution in [0.15, 0.2) is 71.8 Å². The van der Waals surface area contributed by atoms with Gasteiger partial charge < -0.3 is 20.5 Å². The van der Waals surface area contributed by atoms with Gasteiger partial charge in [-0.1, -0.05) is 29.5 Å². The van der Waals surface area contributed by atoms with Crippen LogP contribution in [0.2, 0.25) is 0 Å². The number of rotatable bonds is 11. The molecule has 5 aromatic rings. The Bertz CT molecular complexity index is 2160. The van der Waals surface area contributed by atoms with E-state index in [1.807, 2.05) is 0 Å². The molecule has 260 valence electrons. The molecule has 0 saturated heterocycles. The largest absolute Gasteiger partial charge is 0.496 e. The number of aromatic amines is 1. The van der Waals surface area contributed by atoms with E-state index in [1.165, 1.54) is 30.0 Å². The molecule has 15 nitrogen and oxygen atoms in total. The molecule has 6 rings (SSSR count). The van der Waals surface area contributed by atoms with E-state index >= 15 is 0 Å². The van der Waals surface area contributed by atoms with Crippen LogP contribution in [0.4, 0.5) is 4.79 Å². The molecule has 0 bridgehead atoms. The van der Waals surface area contributed by atoms with Gasteiger partial charge in [0, 0.05) is 35.7 Å². The first kappa shape index (κ1) is 34.3. The van der Waals surface area contributed by atoms with Gasteiger partial charge in [-0.25, -0.2) is 22.7 Å². The molecule has 16 heteroatoms. The van der Waals surface area contributed by atoms with Crippen molar-refractivity contribution in [3.05, 3.63) is 101 Å². The number of hydrogen-bond acceptors (Lipinski definition) is 11. The van der Waals surface area contributed by atoms with Crippen LogP contribution in [0.3, 0.4) is 0 Å². The molecule has 0 spiro atoms. The molecule has 1 saturated carbocycles. The fourth-order valence-corrected chi connectivity index (χ4v) is 7.38. The van der Waals surface area contributed by atoms with Gasteiger partial charge in [-0.2, -0.15) is 5.21 Å². The van der Waals surface area contributed by atoms with E-state index in [9.17, 15) is 22.8 Å². The maximum absolute atomic E-state index is 13.7. The average molecular weight is 701 g/mol. The summed E-state index contributed by atoms with van der Waals surface area (Å²) in [5.74, 6) is -0.807. The van der Waals surface area contributed by atoms with Crippen molar-refractivity contribution in [3.8, 4) is 5.75 Å². The van der Waals surface area contributed by atoms with E-state index in [2.05, 4.69) is 30.7 Å². The Morgan fingerprint density at radius 1 is 1.08 bits per heavy atom. The Morgan fingerprint density at radius 2 is 1.86 bits per heavy atom. The number of hydrogen-bond donors (Lipinski definition) is 4. The van der Waals surface area contributed by atoms with Crippen LogP contribution in [-0.2, 0) is 21.2 Å². The van der Waals surface area contributed by atoms with Crippen molar-refractivity contribution in [2.75, 3.05) is 13.7 Å². The Kier molecular flexibility index (Phi) is 9.92. The second-order valence-electron chi connectivity index (χ2n) is 11.9. The Morgan fingerprint density at radius 3 is 2.58 bits per heavy atom. The third kappa shape index (κ3) is 7.06. The summed E-state index contributed by atoms with van der Waals surface area (Å²) < 4.78 is 41.4. The first-order valence-corrected chi connectivity index (χ1v) is 17.5.